The van der Waals surface area contributed by atoms with Gasteiger partial charge in [0, 0.05) is 19.0 Å². The van der Waals surface area contributed by atoms with Crippen molar-refractivity contribution in [3.05, 3.63) is 0 Å². The van der Waals surface area contributed by atoms with Crippen LogP contribution in [0.5, 0.6) is 0 Å². The third kappa shape index (κ3) is 2.95. The van der Waals surface area contributed by atoms with Crippen LogP contribution in [0.1, 0.15) is 39.5 Å². The molecule has 2 atom stereocenters. The summed E-state index contributed by atoms with van der Waals surface area (Å²) in [5.74, 6) is 0.995. The lowest BCUT2D eigenvalue weighted by Gasteiger charge is -2.25. The highest BCUT2D eigenvalue weighted by Crippen LogP contribution is 2.32. The van der Waals surface area contributed by atoms with Gasteiger partial charge < -0.3 is 4.90 Å². The summed E-state index contributed by atoms with van der Waals surface area (Å²) in [6, 6.07) is 2.10. The Bertz CT molecular complexity index is 257. The molecule has 3 nitrogen and oxygen atoms in total. The maximum Gasteiger partial charge on any atom is 0.225 e. The first-order chi connectivity index (χ1) is 7.20. The first-order valence-corrected chi connectivity index (χ1v) is 5.86. The molecule has 0 aromatic rings. The monoisotopic (exact) mass is 208 g/mol. The van der Waals surface area contributed by atoms with E-state index in [2.05, 4.69) is 13.0 Å². The molecular weight excluding hydrogens is 188 g/mol. The van der Waals surface area contributed by atoms with Crippen LogP contribution >= 0.6 is 0 Å². The van der Waals surface area contributed by atoms with Crippen LogP contribution in [0.25, 0.3) is 0 Å². The van der Waals surface area contributed by atoms with Crippen LogP contribution in [0.3, 0.4) is 0 Å². The molecule has 1 fully saturated rings. The van der Waals surface area contributed by atoms with Crippen LogP contribution in [-0.4, -0.2) is 23.9 Å². The van der Waals surface area contributed by atoms with Gasteiger partial charge in [-0.25, -0.2) is 0 Å². The number of amides is 1. The molecule has 0 aromatic heterocycles. The summed E-state index contributed by atoms with van der Waals surface area (Å²) in [4.78, 5) is 13.9. The van der Waals surface area contributed by atoms with E-state index in [1.165, 1.54) is 12.8 Å². The van der Waals surface area contributed by atoms with Crippen molar-refractivity contribution in [2.45, 2.75) is 39.5 Å². The van der Waals surface area contributed by atoms with Gasteiger partial charge in [-0.1, -0.05) is 13.3 Å². The van der Waals surface area contributed by atoms with E-state index in [1.54, 1.807) is 0 Å². The Morgan fingerprint density at radius 3 is 2.73 bits per heavy atom. The average molecular weight is 208 g/mol. The first-order valence-electron chi connectivity index (χ1n) is 5.86. The molecule has 1 aliphatic rings. The molecule has 15 heavy (non-hydrogen) atoms. The highest BCUT2D eigenvalue weighted by molar-refractivity contribution is 5.79. The second-order valence-electron chi connectivity index (χ2n) is 4.34. The van der Waals surface area contributed by atoms with Crippen molar-refractivity contribution >= 4 is 5.91 Å². The van der Waals surface area contributed by atoms with Crippen molar-refractivity contribution in [3.8, 4) is 6.07 Å². The zero-order valence-electron chi connectivity index (χ0n) is 9.70. The molecule has 0 aliphatic heterocycles. The fourth-order valence-corrected chi connectivity index (χ4v) is 2.36. The summed E-state index contributed by atoms with van der Waals surface area (Å²) in [5.41, 5.74) is 0. The lowest BCUT2D eigenvalue weighted by Crippen LogP contribution is -2.37. The number of hydrogen-bond acceptors (Lipinski definition) is 2. The second-order valence-corrected chi connectivity index (χ2v) is 4.34. The smallest absolute Gasteiger partial charge is 0.225 e. The van der Waals surface area contributed by atoms with E-state index in [9.17, 15) is 4.79 Å². The molecule has 3 heteroatoms. The van der Waals surface area contributed by atoms with Gasteiger partial charge in [0.1, 0.15) is 0 Å². The van der Waals surface area contributed by atoms with Gasteiger partial charge in [0.15, 0.2) is 0 Å². The van der Waals surface area contributed by atoms with Crippen LogP contribution < -0.4 is 0 Å². The predicted molar refractivity (Wildman–Crippen MR) is 59.0 cm³/mol. The Morgan fingerprint density at radius 2 is 2.27 bits per heavy atom. The van der Waals surface area contributed by atoms with E-state index in [-0.39, 0.29) is 11.8 Å². The standard InChI is InChI=1S/C12H20N2O/c1-3-14(9-5-8-13)12(15)11-7-4-6-10(11)2/h10-11H,3-7,9H2,1-2H3. The van der Waals surface area contributed by atoms with Gasteiger partial charge in [-0.2, -0.15) is 5.26 Å². The van der Waals surface area contributed by atoms with Crippen LogP contribution in [-0.2, 0) is 4.79 Å². The van der Waals surface area contributed by atoms with Crippen molar-refractivity contribution in [3.63, 3.8) is 0 Å². The number of nitriles is 1. The topological polar surface area (TPSA) is 44.1 Å². The summed E-state index contributed by atoms with van der Waals surface area (Å²) in [6.07, 6.45) is 3.82. The van der Waals surface area contributed by atoms with Gasteiger partial charge in [0.2, 0.25) is 5.91 Å². The number of rotatable bonds is 4. The number of carbonyl (C=O) groups is 1. The highest BCUT2D eigenvalue weighted by atomic mass is 16.2. The number of carbonyl (C=O) groups excluding carboxylic acids is 1. The Kier molecular flexibility index (Phi) is 4.61. The van der Waals surface area contributed by atoms with Gasteiger partial charge in [0.25, 0.3) is 0 Å². The van der Waals surface area contributed by atoms with E-state index in [0.29, 0.717) is 18.9 Å². The van der Waals surface area contributed by atoms with Gasteiger partial charge in [0.05, 0.1) is 12.5 Å². The van der Waals surface area contributed by atoms with Crippen molar-refractivity contribution in [1.29, 1.82) is 5.26 Å². The summed E-state index contributed by atoms with van der Waals surface area (Å²) < 4.78 is 0. The lowest BCUT2D eigenvalue weighted by atomic mass is 9.96. The minimum Gasteiger partial charge on any atom is -0.342 e. The van der Waals surface area contributed by atoms with Crippen molar-refractivity contribution in [2.24, 2.45) is 11.8 Å². The van der Waals surface area contributed by atoms with Crippen LogP contribution in [0.2, 0.25) is 0 Å². The fourth-order valence-electron chi connectivity index (χ4n) is 2.36. The Labute approximate surface area is 92.1 Å². The molecule has 0 N–H and O–H groups in total. The van der Waals surface area contributed by atoms with Crippen molar-refractivity contribution < 1.29 is 4.79 Å². The molecule has 0 heterocycles. The first kappa shape index (κ1) is 12.0. The zero-order chi connectivity index (χ0) is 11.3. The molecule has 1 saturated carbocycles. The molecule has 0 bridgehead atoms. The molecule has 2 unspecified atom stereocenters. The van der Waals surface area contributed by atoms with E-state index >= 15 is 0 Å². The van der Waals surface area contributed by atoms with E-state index in [4.69, 9.17) is 5.26 Å². The summed E-state index contributed by atoms with van der Waals surface area (Å²) in [6.45, 7) is 5.46. The van der Waals surface area contributed by atoms with Gasteiger partial charge in [-0.3, -0.25) is 4.79 Å². The molecule has 0 aromatic carbocycles. The summed E-state index contributed by atoms with van der Waals surface area (Å²) >= 11 is 0. The van der Waals surface area contributed by atoms with Crippen LogP contribution in [0.4, 0.5) is 0 Å². The molecule has 1 rings (SSSR count). The lowest BCUT2D eigenvalue weighted by molar-refractivity contribution is -0.136. The SMILES string of the molecule is CCN(CCC#N)C(=O)C1CCCC1C. The van der Waals surface area contributed by atoms with Crippen LogP contribution in [0.15, 0.2) is 0 Å². The van der Waals surface area contributed by atoms with Gasteiger partial charge >= 0.3 is 0 Å². The van der Waals surface area contributed by atoms with Crippen molar-refractivity contribution in [1.82, 2.24) is 4.90 Å². The minimum absolute atomic E-state index is 0.212. The fraction of sp³-hybridized carbons (Fsp3) is 0.833. The van der Waals surface area contributed by atoms with E-state index in [1.807, 2.05) is 11.8 Å². The Hall–Kier alpha value is -1.04. The number of hydrogen-bond donors (Lipinski definition) is 0. The molecule has 1 amide bonds. The molecule has 84 valence electrons. The maximum absolute atomic E-state index is 12.1. The average Bonchev–Trinajstić information content (AvgIpc) is 2.65. The quantitative estimate of drug-likeness (QED) is 0.710. The largest absolute Gasteiger partial charge is 0.342 e. The minimum atomic E-state index is 0.212. The molecule has 0 radical (unpaired) electrons. The molecular formula is C12H20N2O. The highest BCUT2D eigenvalue weighted by Gasteiger charge is 2.31. The van der Waals surface area contributed by atoms with Crippen LogP contribution in [0, 0.1) is 23.2 Å². The van der Waals surface area contributed by atoms with Gasteiger partial charge in [-0.05, 0) is 25.7 Å². The molecule has 0 spiro atoms. The van der Waals surface area contributed by atoms with Gasteiger partial charge in [-0.15, -0.1) is 0 Å². The summed E-state index contributed by atoms with van der Waals surface area (Å²) in [7, 11) is 0. The maximum atomic E-state index is 12.1. The normalized spacial score (nSPS) is 24.9. The van der Waals surface area contributed by atoms with E-state index < -0.39 is 0 Å². The van der Waals surface area contributed by atoms with E-state index in [0.717, 1.165) is 13.0 Å². The predicted octanol–water partition coefficient (Wildman–Crippen LogP) is 2.18. The molecule has 0 saturated heterocycles. The Morgan fingerprint density at radius 1 is 1.53 bits per heavy atom. The zero-order valence-corrected chi connectivity index (χ0v) is 9.70. The third-order valence-corrected chi connectivity index (χ3v) is 3.37. The molecule has 1 aliphatic carbocycles. The summed E-state index contributed by atoms with van der Waals surface area (Å²) in [5, 5.41) is 8.52. The third-order valence-electron chi connectivity index (χ3n) is 3.37. The second kappa shape index (κ2) is 5.75. The Balaban J connectivity index is 2.52. The van der Waals surface area contributed by atoms with Crippen molar-refractivity contribution in [2.75, 3.05) is 13.1 Å². The number of nitrogens with zero attached hydrogens (tertiary/aromatic N) is 2.